The number of anilines is 1. The highest BCUT2D eigenvalue weighted by atomic mass is 79.9. The number of carbonyl (C=O) groups is 1. The van der Waals surface area contributed by atoms with Gasteiger partial charge in [-0.05, 0) is 56.3 Å². The second kappa shape index (κ2) is 8.61. The van der Waals surface area contributed by atoms with Crippen LogP contribution < -0.4 is 14.8 Å². The van der Waals surface area contributed by atoms with Crippen LogP contribution >= 0.6 is 15.9 Å². The van der Waals surface area contributed by atoms with Crippen LogP contribution in [0.1, 0.15) is 13.8 Å². The molecule has 0 bridgehead atoms. The Balaban J connectivity index is 1.95. The van der Waals surface area contributed by atoms with Gasteiger partial charge in [-0.15, -0.1) is 0 Å². The molecular formula is C17H18BrFN2O4S. The zero-order chi connectivity index (χ0) is 19.3. The van der Waals surface area contributed by atoms with E-state index in [4.69, 9.17) is 4.74 Å². The summed E-state index contributed by atoms with van der Waals surface area (Å²) >= 11 is 3.13. The Morgan fingerprint density at radius 2 is 1.85 bits per heavy atom. The van der Waals surface area contributed by atoms with Crippen LogP contribution in [0.15, 0.2) is 51.8 Å². The van der Waals surface area contributed by atoms with Crippen LogP contribution in [0.5, 0.6) is 5.75 Å². The van der Waals surface area contributed by atoms with Crippen molar-refractivity contribution in [3.05, 3.63) is 52.8 Å². The Morgan fingerprint density at radius 1 is 1.19 bits per heavy atom. The van der Waals surface area contributed by atoms with Gasteiger partial charge in [-0.1, -0.05) is 15.9 Å². The Bertz CT molecular complexity index is 886. The maximum Gasteiger partial charge on any atom is 0.262 e. The average Bonchev–Trinajstić information content (AvgIpc) is 2.53. The summed E-state index contributed by atoms with van der Waals surface area (Å²) in [5.74, 6) is -1.12. The normalized spacial score (nSPS) is 11.4. The molecule has 6 nitrogen and oxygen atoms in total. The van der Waals surface area contributed by atoms with Crippen molar-refractivity contribution in [1.82, 2.24) is 4.72 Å². The van der Waals surface area contributed by atoms with E-state index in [1.807, 2.05) is 0 Å². The van der Waals surface area contributed by atoms with Crippen LogP contribution in [0.3, 0.4) is 0 Å². The molecule has 0 fully saturated rings. The van der Waals surface area contributed by atoms with Gasteiger partial charge in [-0.3, -0.25) is 4.79 Å². The van der Waals surface area contributed by atoms with Crippen LogP contribution in [0.25, 0.3) is 0 Å². The predicted octanol–water partition coefficient (Wildman–Crippen LogP) is 3.29. The van der Waals surface area contributed by atoms with Crippen LogP contribution in [0, 0.1) is 5.82 Å². The number of sulfonamides is 1. The Morgan fingerprint density at radius 3 is 2.42 bits per heavy atom. The first-order valence-electron chi connectivity index (χ1n) is 7.67. The number of amides is 1. The quantitative estimate of drug-likeness (QED) is 0.685. The van der Waals surface area contributed by atoms with E-state index >= 15 is 0 Å². The van der Waals surface area contributed by atoms with Gasteiger partial charge in [-0.2, -0.15) is 0 Å². The average molecular weight is 445 g/mol. The molecule has 0 saturated carbocycles. The minimum Gasteiger partial charge on any atom is -0.481 e. The van der Waals surface area contributed by atoms with E-state index in [0.29, 0.717) is 10.2 Å². The molecule has 0 aliphatic carbocycles. The molecular weight excluding hydrogens is 427 g/mol. The third-order valence-corrected chi connectivity index (χ3v) is 5.26. The zero-order valence-corrected chi connectivity index (χ0v) is 16.5. The van der Waals surface area contributed by atoms with Gasteiger partial charge >= 0.3 is 0 Å². The van der Waals surface area contributed by atoms with E-state index in [1.54, 1.807) is 19.9 Å². The van der Waals surface area contributed by atoms with E-state index in [2.05, 4.69) is 26.0 Å². The molecule has 0 atom stereocenters. The number of benzene rings is 2. The van der Waals surface area contributed by atoms with Crippen molar-refractivity contribution in [2.45, 2.75) is 24.8 Å². The highest BCUT2D eigenvalue weighted by Crippen LogP contribution is 2.21. The Hall–Kier alpha value is -1.97. The summed E-state index contributed by atoms with van der Waals surface area (Å²) in [6, 6.07) is 9.72. The fourth-order valence-corrected chi connectivity index (χ4v) is 3.61. The number of rotatable bonds is 7. The lowest BCUT2D eigenvalue weighted by atomic mass is 10.3. The van der Waals surface area contributed by atoms with Crippen molar-refractivity contribution in [3.63, 3.8) is 0 Å². The molecule has 1 amide bonds. The number of carbonyl (C=O) groups excluding carboxylic acids is 1. The second-order valence-corrected chi connectivity index (χ2v) is 8.34. The van der Waals surface area contributed by atoms with E-state index in [-0.39, 0.29) is 23.3 Å². The third kappa shape index (κ3) is 5.79. The Kier molecular flexibility index (Phi) is 6.74. The summed E-state index contributed by atoms with van der Waals surface area (Å²) in [4.78, 5) is 12.0. The third-order valence-electron chi connectivity index (χ3n) is 3.09. The smallest absolute Gasteiger partial charge is 0.262 e. The van der Waals surface area contributed by atoms with Crippen LogP contribution in [0.2, 0.25) is 0 Å². The lowest BCUT2D eigenvalue weighted by Crippen LogP contribution is -2.30. The molecule has 26 heavy (non-hydrogen) atoms. The lowest BCUT2D eigenvalue weighted by molar-refractivity contribution is -0.118. The molecule has 0 spiro atoms. The summed E-state index contributed by atoms with van der Waals surface area (Å²) in [5.41, 5.74) is 0.401. The first-order chi connectivity index (χ1) is 12.2. The van der Waals surface area contributed by atoms with E-state index < -0.39 is 21.7 Å². The number of ether oxygens (including phenoxy) is 1. The molecule has 2 aromatic rings. The van der Waals surface area contributed by atoms with E-state index in [9.17, 15) is 17.6 Å². The Labute approximate surface area is 159 Å². The van der Waals surface area contributed by atoms with Crippen molar-refractivity contribution in [3.8, 4) is 5.75 Å². The van der Waals surface area contributed by atoms with Gasteiger partial charge in [0.25, 0.3) is 5.91 Å². The molecule has 140 valence electrons. The van der Waals surface area contributed by atoms with E-state index in [0.717, 1.165) is 0 Å². The highest BCUT2D eigenvalue weighted by molar-refractivity contribution is 9.10. The standard InChI is InChI=1S/C17H18BrFN2O4S/c1-11(2)21-26(23,24)14-6-4-13(5-7-14)20-17(22)10-25-16-8-3-12(18)9-15(16)19/h3-9,11,21H,10H2,1-2H3,(H,20,22). The summed E-state index contributed by atoms with van der Waals surface area (Å²) < 4.78 is 45.9. The van der Waals surface area contributed by atoms with Crippen molar-refractivity contribution in [2.24, 2.45) is 0 Å². The number of nitrogens with one attached hydrogen (secondary N) is 2. The van der Waals surface area contributed by atoms with Crippen molar-refractivity contribution in [1.29, 1.82) is 0 Å². The van der Waals surface area contributed by atoms with Crippen LogP contribution in [-0.4, -0.2) is 27.0 Å². The fourth-order valence-electron chi connectivity index (χ4n) is 2.03. The molecule has 2 N–H and O–H groups in total. The van der Waals surface area contributed by atoms with Crippen molar-refractivity contribution < 1.29 is 22.3 Å². The van der Waals surface area contributed by atoms with E-state index in [1.165, 1.54) is 36.4 Å². The SMILES string of the molecule is CC(C)NS(=O)(=O)c1ccc(NC(=O)COc2ccc(Br)cc2F)cc1. The molecule has 0 aliphatic heterocycles. The summed E-state index contributed by atoms with van der Waals surface area (Å²) in [7, 11) is -3.59. The fraction of sp³-hybridized carbons (Fsp3) is 0.235. The van der Waals surface area contributed by atoms with Crippen LogP contribution in [-0.2, 0) is 14.8 Å². The minimum atomic E-state index is -3.59. The number of hydrogen-bond donors (Lipinski definition) is 2. The van der Waals surface area contributed by atoms with Crippen molar-refractivity contribution >= 4 is 37.5 Å². The largest absolute Gasteiger partial charge is 0.481 e. The van der Waals surface area contributed by atoms with Gasteiger partial charge in [0, 0.05) is 16.2 Å². The first kappa shape index (κ1) is 20.3. The number of halogens is 2. The monoisotopic (exact) mass is 444 g/mol. The van der Waals surface area contributed by atoms with Gasteiger partial charge in [-0.25, -0.2) is 17.5 Å². The maximum atomic E-state index is 13.6. The van der Waals surface area contributed by atoms with Gasteiger partial charge in [0.05, 0.1) is 4.90 Å². The minimum absolute atomic E-state index is 0.0375. The predicted molar refractivity (Wildman–Crippen MR) is 100 cm³/mol. The summed E-state index contributed by atoms with van der Waals surface area (Å²) in [6.07, 6.45) is 0. The van der Waals surface area contributed by atoms with Gasteiger partial charge in [0.15, 0.2) is 18.2 Å². The molecule has 0 heterocycles. The molecule has 0 aliphatic rings. The second-order valence-electron chi connectivity index (χ2n) is 5.71. The summed E-state index contributed by atoms with van der Waals surface area (Å²) in [6.45, 7) is 3.06. The van der Waals surface area contributed by atoms with Crippen molar-refractivity contribution in [2.75, 3.05) is 11.9 Å². The van der Waals surface area contributed by atoms with Crippen LogP contribution in [0.4, 0.5) is 10.1 Å². The molecule has 0 radical (unpaired) electrons. The molecule has 0 aromatic heterocycles. The molecule has 2 rings (SSSR count). The van der Waals surface area contributed by atoms with Gasteiger partial charge < -0.3 is 10.1 Å². The summed E-state index contributed by atoms with van der Waals surface area (Å²) in [5, 5.41) is 2.55. The first-order valence-corrected chi connectivity index (χ1v) is 9.95. The maximum absolute atomic E-state index is 13.6. The van der Waals surface area contributed by atoms with Gasteiger partial charge in [0.2, 0.25) is 10.0 Å². The molecule has 0 unspecified atom stereocenters. The lowest BCUT2D eigenvalue weighted by Gasteiger charge is -2.11. The zero-order valence-electron chi connectivity index (χ0n) is 14.1. The molecule has 0 saturated heterocycles. The van der Waals surface area contributed by atoms with Gasteiger partial charge in [0.1, 0.15) is 0 Å². The molecule has 2 aromatic carbocycles. The number of hydrogen-bond acceptors (Lipinski definition) is 4. The highest BCUT2D eigenvalue weighted by Gasteiger charge is 2.15. The topological polar surface area (TPSA) is 84.5 Å². The molecule has 9 heteroatoms.